The third-order valence-electron chi connectivity index (χ3n) is 2.94. The Kier molecular flexibility index (Phi) is 5.02. The summed E-state index contributed by atoms with van der Waals surface area (Å²) in [5.41, 5.74) is 0. The van der Waals surface area contributed by atoms with Crippen molar-refractivity contribution in [2.45, 2.75) is 0 Å². The van der Waals surface area contributed by atoms with E-state index in [0.29, 0.717) is 18.8 Å². The van der Waals surface area contributed by atoms with E-state index in [0.717, 1.165) is 11.5 Å². The van der Waals surface area contributed by atoms with Gasteiger partial charge in [0.25, 0.3) is 0 Å². The van der Waals surface area contributed by atoms with Crippen molar-refractivity contribution in [2.24, 2.45) is 5.92 Å². The lowest BCUT2D eigenvalue weighted by molar-refractivity contribution is -0.137. The zero-order chi connectivity index (χ0) is 14.4. The number of nitrogens with zero attached hydrogens (tertiary/aromatic N) is 2. The van der Waals surface area contributed by atoms with Gasteiger partial charge in [0.05, 0.1) is 12.3 Å². The molecule has 104 valence electrons. The molecule has 1 fully saturated rings. The minimum absolute atomic E-state index is 0.401. The topological polar surface area (TPSA) is 74.3 Å². The lowest BCUT2D eigenvalue weighted by Gasteiger charge is -2.27. The van der Waals surface area contributed by atoms with Gasteiger partial charge in [-0.05, 0) is 24.3 Å². The third-order valence-corrected chi connectivity index (χ3v) is 3.88. The van der Waals surface area contributed by atoms with E-state index in [1.807, 2.05) is 0 Å². The Morgan fingerprint density at radius 2 is 2.20 bits per heavy atom. The number of nitriles is 1. The maximum Gasteiger partial charge on any atom is 0.247 e. The first kappa shape index (κ1) is 14.4. The lowest BCUT2D eigenvalue weighted by atomic mass is 10.0. The predicted molar refractivity (Wildman–Crippen MR) is 75.8 cm³/mol. The van der Waals surface area contributed by atoms with Crippen molar-refractivity contribution >= 4 is 29.5 Å². The zero-order valence-electron chi connectivity index (χ0n) is 10.8. The molecule has 0 N–H and O–H groups in total. The number of carbonyl (C=O) groups excluding carboxylic acids is 2. The summed E-state index contributed by atoms with van der Waals surface area (Å²) in [6.45, 7) is 1.19. The van der Waals surface area contributed by atoms with Crippen molar-refractivity contribution < 1.29 is 14.0 Å². The van der Waals surface area contributed by atoms with E-state index in [-0.39, 0.29) is 0 Å². The molecule has 2 heterocycles. The minimum Gasteiger partial charge on any atom is -0.465 e. The van der Waals surface area contributed by atoms with Crippen molar-refractivity contribution in [3.63, 3.8) is 0 Å². The maximum absolute atomic E-state index is 12.1. The van der Waals surface area contributed by atoms with Gasteiger partial charge in [-0.25, -0.2) is 0 Å². The molecule has 20 heavy (non-hydrogen) atoms. The Hall–Kier alpha value is -2.00. The minimum atomic E-state index is -1.26. The fourth-order valence-electron chi connectivity index (χ4n) is 1.85. The molecular weight excluding hydrogens is 276 g/mol. The molecule has 0 saturated carbocycles. The van der Waals surface area contributed by atoms with Crippen LogP contribution in [0.4, 0.5) is 0 Å². The smallest absolute Gasteiger partial charge is 0.247 e. The van der Waals surface area contributed by atoms with Gasteiger partial charge in [-0.3, -0.25) is 9.59 Å². The van der Waals surface area contributed by atoms with E-state index in [9.17, 15) is 9.59 Å². The molecule has 0 aliphatic carbocycles. The number of amides is 1. The first-order valence-corrected chi connectivity index (χ1v) is 7.39. The van der Waals surface area contributed by atoms with Crippen molar-refractivity contribution in [1.29, 1.82) is 5.26 Å². The van der Waals surface area contributed by atoms with Gasteiger partial charge < -0.3 is 9.32 Å². The Labute approximate surface area is 121 Å². The lowest BCUT2D eigenvalue weighted by Crippen LogP contribution is -2.43. The van der Waals surface area contributed by atoms with Crippen LogP contribution in [0.1, 0.15) is 5.76 Å². The number of hydrogen-bond donors (Lipinski definition) is 0. The van der Waals surface area contributed by atoms with E-state index in [4.69, 9.17) is 9.68 Å². The molecular formula is C14H14N2O3S. The molecule has 1 aromatic heterocycles. The number of allylic oxidation sites excluding steroid dienone is 1. The Morgan fingerprint density at radius 3 is 2.80 bits per heavy atom. The molecule has 2 rings (SSSR count). The van der Waals surface area contributed by atoms with Crippen molar-refractivity contribution in [3.8, 4) is 6.07 Å². The summed E-state index contributed by atoms with van der Waals surface area (Å²) < 4.78 is 5.05. The standard InChI is InChI=1S/C14H14N2O3S/c15-10-12(14(18)16-5-8-20-9-6-16)13(17)4-3-11-2-1-7-19-11/h1-4,7,12H,5-6,8-9H2. The van der Waals surface area contributed by atoms with Crippen LogP contribution in [-0.2, 0) is 9.59 Å². The van der Waals surface area contributed by atoms with E-state index >= 15 is 0 Å². The fourth-order valence-corrected chi connectivity index (χ4v) is 2.76. The van der Waals surface area contributed by atoms with Crippen LogP contribution in [-0.4, -0.2) is 41.2 Å². The second-order valence-electron chi connectivity index (χ2n) is 4.25. The van der Waals surface area contributed by atoms with E-state index < -0.39 is 17.6 Å². The van der Waals surface area contributed by atoms with Gasteiger partial charge in [-0.2, -0.15) is 17.0 Å². The van der Waals surface area contributed by atoms with Crippen LogP contribution in [0, 0.1) is 17.2 Å². The second kappa shape index (κ2) is 6.96. The summed E-state index contributed by atoms with van der Waals surface area (Å²) in [7, 11) is 0. The third kappa shape index (κ3) is 3.52. The fraction of sp³-hybridized carbons (Fsp3) is 0.357. The molecule has 1 unspecified atom stereocenters. The number of carbonyl (C=O) groups is 2. The second-order valence-corrected chi connectivity index (χ2v) is 5.48. The highest BCUT2D eigenvalue weighted by Crippen LogP contribution is 2.14. The summed E-state index contributed by atoms with van der Waals surface area (Å²) in [4.78, 5) is 25.7. The molecule has 1 aliphatic rings. The quantitative estimate of drug-likeness (QED) is 0.621. The molecule has 0 aromatic carbocycles. The Balaban J connectivity index is 2.01. The summed E-state index contributed by atoms with van der Waals surface area (Å²) in [6, 6.07) is 5.19. The van der Waals surface area contributed by atoms with E-state index in [1.165, 1.54) is 18.4 Å². The first-order valence-electron chi connectivity index (χ1n) is 6.24. The zero-order valence-corrected chi connectivity index (χ0v) is 11.6. The first-order chi connectivity index (χ1) is 9.72. The van der Waals surface area contributed by atoms with Crippen LogP contribution < -0.4 is 0 Å². The average Bonchev–Trinajstić information content (AvgIpc) is 3.00. The number of thioether (sulfide) groups is 1. The van der Waals surface area contributed by atoms with Gasteiger partial charge in [0, 0.05) is 24.6 Å². The molecule has 1 aliphatic heterocycles. The van der Waals surface area contributed by atoms with Crippen LogP contribution in [0.5, 0.6) is 0 Å². The highest BCUT2D eigenvalue weighted by molar-refractivity contribution is 7.99. The molecule has 1 amide bonds. The Bertz CT molecular complexity index is 539. The highest BCUT2D eigenvalue weighted by Gasteiger charge is 2.29. The summed E-state index contributed by atoms with van der Waals surface area (Å²) in [6.07, 6.45) is 4.18. The number of rotatable bonds is 4. The average molecular weight is 290 g/mol. The highest BCUT2D eigenvalue weighted by atomic mass is 32.2. The van der Waals surface area contributed by atoms with E-state index in [1.54, 1.807) is 34.9 Å². The van der Waals surface area contributed by atoms with Crippen molar-refractivity contribution in [2.75, 3.05) is 24.6 Å². The molecule has 0 radical (unpaired) electrons. The normalized spacial score (nSPS) is 16.9. The molecule has 0 bridgehead atoms. The van der Waals surface area contributed by atoms with Crippen LogP contribution in [0.3, 0.4) is 0 Å². The van der Waals surface area contributed by atoms with Crippen molar-refractivity contribution in [1.82, 2.24) is 4.90 Å². The molecule has 6 heteroatoms. The van der Waals surface area contributed by atoms with Crippen LogP contribution in [0.2, 0.25) is 0 Å². The molecule has 1 aromatic rings. The van der Waals surface area contributed by atoms with Crippen molar-refractivity contribution in [3.05, 3.63) is 30.2 Å². The number of ketones is 1. The van der Waals surface area contributed by atoms with Crippen LogP contribution >= 0.6 is 11.8 Å². The number of furan rings is 1. The summed E-state index contributed by atoms with van der Waals surface area (Å²) >= 11 is 1.76. The number of hydrogen-bond acceptors (Lipinski definition) is 5. The maximum atomic E-state index is 12.1. The molecule has 1 saturated heterocycles. The predicted octanol–water partition coefficient (Wildman–Crippen LogP) is 1.58. The summed E-state index contributed by atoms with van der Waals surface area (Å²) in [5, 5.41) is 9.07. The summed E-state index contributed by atoms with van der Waals surface area (Å²) in [5.74, 6) is 0.0378. The van der Waals surface area contributed by atoms with Gasteiger partial charge in [0.15, 0.2) is 11.7 Å². The molecule has 0 spiro atoms. The van der Waals surface area contributed by atoms with Gasteiger partial charge in [-0.15, -0.1) is 0 Å². The van der Waals surface area contributed by atoms with Crippen LogP contribution in [0.15, 0.2) is 28.9 Å². The van der Waals surface area contributed by atoms with E-state index in [2.05, 4.69) is 0 Å². The molecule has 5 nitrogen and oxygen atoms in total. The largest absolute Gasteiger partial charge is 0.465 e. The van der Waals surface area contributed by atoms with Gasteiger partial charge in [0.2, 0.25) is 5.91 Å². The monoisotopic (exact) mass is 290 g/mol. The van der Waals surface area contributed by atoms with Gasteiger partial charge >= 0.3 is 0 Å². The van der Waals surface area contributed by atoms with Crippen LogP contribution in [0.25, 0.3) is 6.08 Å². The van der Waals surface area contributed by atoms with Gasteiger partial charge in [-0.1, -0.05) is 0 Å². The molecule has 1 atom stereocenters. The SMILES string of the molecule is N#CC(C(=O)C=Cc1ccco1)C(=O)N1CCSCC1. The Morgan fingerprint density at radius 1 is 1.45 bits per heavy atom. The van der Waals surface area contributed by atoms with Gasteiger partial charge in [0.1, 0.15) is 5.76 Å².